The van der Waals surface area contributed by atoms with E-state index in [0.29, 0.717) is 23.3 Å². The van der Waals surface area contributed by atoms with E-state index >= 15 is 0 Å². The number of nitrogens with one attached hydrogen (secondary N) is 1. The minimum absolute atomic E-state index is 0.241. The normalized spacial score (nSPS) is 18.2. The minimum atomic E-state index is -1.01. The van der Waals surface area contributed by atoms with Gasteiger partial charge < -0.3 is 9.73 Å². The summed E-state index contributed by atoms with van der Waals surface area (Å²) in [6, 6.07) is 17.6. The zero-order chi connectivity index (χ0) is 23.9. The third kappa shape index (κ3) is 3.57. The summed E-state index contributed by atoms with van der Waals surface area (Å²) in [5.41, 5.74) is 0.666. The second-order valence-corrected chi connectivity index (χ2v) is 8.18. The summed E-state index contributed by atoms with van der Waals surface area (Å²) in [4.78, 5) is 37.9. The van der Waals surface area contributed by atoms with Crippen molar-refractivity contribution in [1.29, 1.82) is 0 Å². The van der Waals surface area contributed by atoms with Crippen LogP contribution in [0.4, 0.5) is 4.79 Å². The zero-order valence-electron chi connectivity index (χ0n) is 18.6. The van der Waals surface area contributed by atoms with Gasteiger partial charge in [0.15, 0.2) is 0 Å². The largest absolute Gasteiger partial charge is 0.422 e. The van der Waals surface area contributed by atoms with E-state index in [1.165, 1.54) is 6.21 Å². The van der Waals surface area contributed by atoms with Gasteiger partial charge in [0.1, 0.15) is 16.8 Å². The average Bonchev–Trinajstić information content (AvgIpc) is 3.36. The van der Waals surface area contributed by atoms with Gasteiger partial charge in [0.05, 0.1) is 17.5 Å². The third-order valence-corrected chi connectivity index (χ3v) is 5.92. The monoisotopic (exact) mass is 455 g/mol. The lowest BCUT2D eigenvalue weighted by Gasteiger charge is -2.17. The molecule has 1 N–H and O–H groups in total. The van der Waals surface area contributed by atoms with Crippen molar-refractivity contribution < 1.29 is 14.0 Å². The number of hydrazone groups is 1. The van der Waals surface area contributed by atoms with E-state index in [1.807, 2.05) is 49.4 Å². The molecule has 9 nitrogen and oxygen atoms in total. The van der Waals surface area contributed by atoms with Crippen LogP contribution in [0, 0.1) is 0 Å². The molecule has 1 unspecified atom stereocenters. The molecule has 1 aliphatic heterocycles. The number of carbonyl (C=O) groups excluding carboxylic acids is 2. The molecule has 9 heteroatoms. The molecule has 1 atom stereocenters. The van der Waals surface area contributed by atoms with Crippen LogP contribution < -0.4 is 10.9 Å². The molecule has 3 heterocycles. The number of urea groups is 1. The summed E-state index contributed by atoms with van der Waals surface area (Å²) in [7, 11) is 0. The fraction of sp³-hybridized carbons (Fsp3) is 0.160. The Balaban J connectivity index is 1.63. The van der Waals surface area contributed by atoms with E-state index in [2.05, 4.69) is 15.5 Å². The van der Waals surface area contributed by atoms with Crippen LogP contribution in [-0.4, -0.2) is 38.5 Å². The first-order chi connectivity index (χ1) is 16.4. The van der Waals surface area contributed by atoms with E-state index in [4.69, 9.17) is 4.42 Å². The summed E-state index contributed by atoms with van der Waals surface area (Å²) in [5, 5.41) is 13.0. The molecule has 1 aliphatic rings. The predicted molar refractivity (Wildman–Crippen MR) is 127 cm³/mol. The highest BCUT2D eigenvalue weighted by Crippen LogP contribution is 2.25. The maximum atomic E-state index is 12.8. The Morgan fingerprint density at radius 3 is 2.56 bits per heavy atom. The Morgan fingerprint density at radius 1 is 1.09 bits per heavy atom. The molecule has 0 aliphatic carbocycles. The van der Waals surface area contributed by atoms with Crippen LogP contribution >= 0.6 is 0 Å². The van der Waals surface area contributed by atoms with Crippen molar-refractivity contribution in [1.82, 2.24) is 20.1 Å². The van der Waals surface area contributed by atoms with Crippen molar-refractivity contribution in [2.75, 3.05) is 0 Å². The number of imide groups is 1. The van der Waals surface area contributed by atoms with Crippen LogP contribution in [0.15, 0.2) is 81.2 Å². The van der Waals surface area contributed by atoms with Crippen molar-refractivity contribution in [3.8, 4) is 16.9 Å². The van der Waals surface area contributed by atoms with Gasteiger partial charge in [-0.2, -0.15) is 10.2 Å². The number of aromatic nitrogens is 2. The number of para-hydroxylation sites is 2. The first-order valence-electron chi connectivity index (χ1n) is 10.8. The molecule has 5 rings (SSSR count). The highest BCUT2D eigenvalue weighted by Gasteiger charge is 2.46. The lowest BCUT2D eigenvalue weighted by Crippen LogP contribution is -2.42. The molecule has 2 aromatic carbocycles. The second kappa shape index (κ2) is 8.11. The number of rotatable bonds is 5. The molecule has 3 amide bonds. The number of hydrogen-bond donors (Lipinski definition) is 1. The molecule has 170 valence electrons. The van der Waals surface area contributed by atoms with Crippen LogP contribution in [-0.2, 0) is 4.79 Å². The molecule has 4 aromatic rings. The molecule has 2 aromatic heterocycles. The number of benzene rings is 2. The topological polar surface area (TPSA) is 110 Å². The molecule has 34 heavy (non-hydrogen) atoms. The van der Waals surface area contributed by atoms with Crippen LogP contribution in [0.2, 0.25) is 0 Å². The molecule has 0 radical (unpaired) electrons. The summed E-state index contributed by atoms with van der Waals surface area (Å²) in [5.74, 6) is -0.446. The van der Waals surface area contributed by atoms with Gasteiger partial charge in [0.25, 0.3) is 5.91 Å². The Kier molecular flexibility index (Phi) is 5.09. The van der Waals surface area contributed by atoms with Gasteiger partial charge in [-0.25, -0.2) is 14.3 Å². The third-order valence-electron chi connectivity index (χ3n) is 5.92. The van der Waals surface area contributed by atoms with Crippen molar-refractivity contribution in [2.24, 2.45) is 5.10 Å². The first kappa shape index (κ1) is 21.3. The molecule has 0 saturated carbocycles. The fourth-order valence-corrected chi connectivity index (χ4v) is 3.76. The molecular weight excluding hydrogens is 434 g/mol. The maximum Gasteiger partial charge on any atom is 0.346 e. The molecule has 0 bridgehead atoms. The Morgan fingerprint density at radius 2 is 1.82 bits per heavy atom. The van der Waals surface area contributed by atoms with Crippen LogP contribution in [0.25, 0.3) is 27.9 Å². The van der Waals surface area contributed by atoms with E-state index in [-0.39, 0.29) is 5.56 Å². The maximum absolute atomic E-state index is 12.8. The van der Waals surface area contributed by atoms with E-state index in [0.717, 1.165) is 16.1 Å². The second-order valence-electron chi connectivity index (χ2n) is 8.18. The fourth-order valence-electron chi connectivity index (χ4n) is 3.76. The molecule has 1 saturated heterocycles. The van der Waals surface area contributed by atoms with Gasteiger partial charge in [-0.15, -0.1) is 5.01 Å². The number of carbonyl (C=O) groups is 2. The van der Waals surface area contributed by atoms with E-state index in [9.17, 15) is 14.4 Å². The predicted octanol–water partition coefficient (Wildman–Crippen LogP) is 3.70. The average molecular weight is 455 g/mol. The Hall–Kier alpha value is -4.53. The standard InChI is InChI=1S/C25H21N5O4/c1-3-25(2)23(32)30(24(33)27-25)26-14-17-15-29(18-10-5-4-6-11-18)28-21(17)19-13-16-9-7-8-12-20(16)34-22(19)31/h4-15H,3H2,1-2H3,(H,27,33)/b26-14+. The minimum Gasteiger partial charge on any atom is -0.422 e. The van der Waals surface area contributed by atoms with Crippen molar-refractivity contribution in [3.63, 3.8) is 0 Å². The number of nitrogens with zero attached hydrogens (tertiary/aromatic N) is 4. The van der Waals surface area contributed by atoms with Gasteiger partial charge in [0, 0.05) is 17.1 Å². The van der Waals surface area contributed by atoms with Crippen LogP contribution in [0.1, 0.15) is 25.8 Å². The summed E-state index contributed by atoms with van der Waals surface area (Å²) in [6.07, 6.45) is 3.47. The number of amides is 3. The van der Waals surface area contributed by atoms with E-state index in [1.54, 1.807) is 36.0 Å². The van der Waals surface area contributed by atoms with Gasteiger partial charge in [-0.05, 0) is 37.6 Å². The van der Waals surface area contributed by atoms with Gasteiger partial charge >= 0.3 is 11.7 Å². The summed E-state index contributed by atoms with van der Waals surface area (Å²) >= 11 is 0. The lowest BCUT2D eigenvalue weighted by molar-refractivity contribution is -0.130. The molecular formula is C25H21N5O4. The molecule has 0 spiro atoms. The summed E-state index contributed by atoms with van der Waals surface area (Å²) < 4.78 is 7.10. The van der Waals surface area contributed by atoms with Crippen molar-refractivity contribution >= 4 is 29.1 Å². The quantitative estimate of drug-likeness (QED) is 0.280. The van der Waals surface area contributed by atoms with Crippen LogP contribution in [0.5, 0.6) is 0 Å². The van der Waals surface area contributed by atoms with Gasteiger partial charge in [0.2, 0.25) is 0 Å². The number of fused-ring (bicyclic) bond motifs is 1. The highest BCUT2D eigenvalue weighted by molar-refractivity contribution is 6.07. The number of hydrogen-bond acceptors (Lipinski definition) is 6. The van der Waals surface area contributed by atoms with E-state index < -0.39 is 23.1 Å². The Labute approximate surface area is 194 Å². The SMILES string of the molecule is CCC1(C)NC(=O)N(/N=C/c2cn(-c3ccccc3)nc2-c2cc3ccccc3oc2=O)C1=O. The van der Waals surface area contributed by atoms with Crippen molar-refractivity contribution in [2.45, 2.75) is 25.8 Å². The van der Waals surface area contributed by atoms with Gasteiger partial charge in [-0.3, -0.25) is 4.79 Å². The molecule has 1 fully saturated rings. The highest BCUT2D eigenvalue weighted by atomic mass is 16.4. The zero-order valence-corrected chi connectivity index (χ0v) is 18.6. The Bertz CT molecular complexity index is 1500. The lowest BCUT2D eigenvalue weighted by atomic mass is 10.00. The van der Waals surface area contributed by atoms with Crippen LogP contribution in [0.3, 0.4) is 0 Å². The first-order valence-corrected chi connectivity index (χ1v) is 10.8. The van der Waals surface area contributed by atoms with Gasteiger partial charge in [-0.1, -0.05) is 43.3 Å². The van der Waals surface area contributed by atoms with Crippen molar-refractivity contribution in [3.05, 3.63) is 82.8 Å². The summed E-state index contributed by atoms with van der Waals surface area (Å²) in [6.45, 7) is 3.47. The smallest absolute Gasteiger partial charge is 0.346 e.